The molecule has 1 aliphatic heterocycles. The zero-order valence-electron chi connectivity index (χ0n) is 15.5. The van der Waals surface area contributed by atoms with Crippen molar-refractivity contribution < 1.29 is 4.74 Å². The molecule has 2 aliphatic rings. The molecule has 144 valence electrons. The van der Waals surface area contributed by atoms with Gasteiger partial charge >= 0.3 is 0 Å². The van der Waals surface area contributed by atoms with Crippen molar-refractivity contribution in [3.63, 3.8) is 0 Å². The van der Waals surface area contributed by atoms with Crippen molar-refractivity contribution in [1.29, 1.82) is 5.26 Å². The standard InChI is InChI=1S/C20H26BrN5O/c1-26-19(24-15-7-8-16(21)18(13-15)27-12-11-22)10-9-17(23)20(26)25-14-5-3-2-4-6-14/h7-10,13-14,20,24-25H,2-6,12,23H2,1H3. The molecule has 1 unspecified atom stereocenters. The van der Waals surface area contributed by atoms with Gasteiger partial charge in [0.25, 0.3) is 0 Å². The molecule has 4 N–H and O–H groups in total. The van der Waals surface area contributed by atoms with Crippen molar-refractivity contribution in [1.82, 2.24) is 10.2 Å². The van der Waals surface area contributed by atoms with Crippen LogP contribution in [-0.2, 0) is 0 Å². The Kier molecular flexibility index (Phi) is 6.64. The fraction of sp³-hybridized carbons (Fsp3) is 0.450. The van der Waals surface area contributed by atoms with E-state index in [0.717, 1.165) is 21.7 Å². The van der Waals surface area contributed by atoms with Gasteiger partial charge in [-0.3, -0.25) is 5.32 Å². The molecule has 0 radical (unpaired) electrons. The maximum Gasteiger partial charge on any atom is 0.174 e. The van der Waals surface area contributed by atoms with Crippen LogP contribution in [0.15, 0.2) is 46.3 Å². The van der Waals surface area contributed by atoms with Crippen LogP contribution in [0.5, 0.6) is 5.75 Å². The summed E-state index contributed by atoms with van der Waals surface area (Å²) in [5.74, 6) is 1.58. The highest BCUT2D eigenvalue weighted by Crippen LogP contribution is 2.30. The molecule has 1 aliphatic carbocycles. The summed E-state index contributed by atoms with van der Waals surface area (Å²) in [5, 5.41) is 15.9. The zero-order valence-corrected chi connectivity index (χ0v) is 17.1. The third-order valence-electron chi connectivity index (χ3n) is 5.01. The van der Waals surface area contributed by atoms with Crippen molar-refractivity contribution >= 4 is 21.6 Å². The maximum atomic E-state index is 8.73. The lowest BCUT2D eigenvalue weighted by Gasteiger charge is -2.38. The Morgan fingerprint density at radius 3 is 2.81 bits per heavy atom. The molecule has 1 atom stereocenters. The van der Waals surface area contributed by atoms with Gasteiger partial charge in [0.2, 0.25) is 0 Å². The molecular weight excluding hydrogens is 406 g/mol. The van der Waals surface area contributed by atoms with Crippen LogP contribution in [0.25, 0.3) is 0 Å². The van der Waals surface area contributed by atoms with E-state index in [2.05, 4.69) is 31.5 Å². The largest absolute Gasteiger partial charge is 0.477 e. The number of ether oxygens (including phenoxy) is 1. The molecule has 7 heteroatoms. The molecule has 6 nitrogen and oxygen atoms in total. The van der Waals surface area contributed by atoms with Crippen LogP contribution in [0, 0.1) is 11.3 Å². The molecule has 1 heterocycles. The number of nitrogens with zero attached hydrogens (tertiary/aromatic N) is 2. The number of nitriles is 1. The Labute approximate surface area is 169 Å². The molecule has 0 spiro atoms. The molecule has 0 amide bonds. The van der Waals surface area contributed by atoms with E-state index in [-0.39, 0.29) is 12.8 Å². The summed E-state index contributed by atoms with van der Waals surface area (Å²) in [6.07, 6.45) is 10.2. The van der Waals surface area contributed by atoms with Gasteiger partial charge in [0.1, 0.15) is 23.8 Å². The first kappa shape index (κ1) is 19.6. The molecule has 0 bridgehead atoms. The number of benzene rings is 1. The number of anilines is 1. The second-order valence-electron chi connectivity index (χ2n) is 6.95. The van der Waals surface area contributed by atoms with Gasteiger partial charge < -0.3 is 20.7 Å². The minimum atomic E-state index is -0.0228. The molecule has 1 fully saturated rings. The van der Waals surface area contributed by atoms with Crippen molar-refractivity contribution in [3.8, 4) is 11.8 Å². The van der Waals surface area contributed by atoms with Crippen molar-refractivity contribution in [3.05, 3.63) is 46.3 Å². The van der Waals surface area contributed by atoms with Gasteiger partial charge in [0.05, 0.1) is 4.47 Å². The predicted octanol–water partition coefficient (Wildman–Crippen LogP) is 3.64. The van der Waals surface area contributed by atoms with Gasteiger partial charge in [-0.1, -0.05) is 19.3 Å². The number of nitrogens with two attached hydrogens (primary N) is 1. The molecule has 0 aromatic heterocycles. The molecular formula is C20H26BrN5O. The highest BCUT2D eigenvalue weighted by atomic mass is 79.9. The van der Waals surface area contributed by atoms with Gasteiger partial charge in [-0.2, -0.15) is 5.26 Å². The van der Waals surface area contributed by atoms with Crippen LogP contribution in [-0.4, -0.2) is 30.8 Å². The van der Waals surface area contributed by atoms with Crippen LogP contribution in [0.3, 0.4) is 0 Å². The molecule has 1 saturated carbocycles. The average Bonchev–Trinajstić information content (AvgIpc) is 2.68. The van der Waals surface area contributed by atoms with Crippen molar-refractivity contribution in [2.75, 3.05) is 19.0 Å². The highest BCUT2D eigenvalue weighted by molar-refractivity contribution is 9.10. The second kappa shape index (κ2) is 9.16. The van der Waals surface area contributed by atoms with E-state index in [1.165, 1.54) is 32.1 Å². The minimum Gasteiger partial charge on any atom is -0.477 e. The fourth-order valence-corrected chi connectivity index (χ4v) is 3.89. The minimum absolute atomic E-state index is 0.0112. The normalized spacial score (nSPS) is 20.5. The number of allylic oxidation sites excluding steroid dienone is 2. The fourth-order valence-electron chi connectivity index (χ4n) is 3.53. The number of hydrogen-bond acceptors (Lipinski definition) is 6. The van der Waals surface area contributed by atoms with Crippen LogP contribution in [0.4, 0.5) is 5.69 Å². The lowest BCUT2D eigenvalue weighted by atomic mass is 9.95. The first-order valence-electron chi connectivity index (χ1n) is 9.31. The second-order valence-corrected chi connectivity index (χ2v) is 7.80. The lowest BCUT2D eigenvalue weighted by molar-refractivity contribution is 0.236. The lowest BCUT2D eigenvalue weighted by Crippen LogP contribution is -2.52. The first-order valence-corrected chi connectivity index (χ1v) is 10.1. The Morgan fingerprint density at radius 1 is 1.30 bits per heavy atom. The van der Waals surface area contributed by atoms with E-state index in [1.54, 1.807) is 0 Å². The summed E-state index contributed by atoms with van der Waals surface area (Å²) >= 11 is 3.45. The number of likely N-dealkylation sites (N-methyl/N-ethyl adjacent to an activating group) is 1. The van der Waals surface area contributed by atoms with E-state index in [1.807, 2.05) is 43.5 Å². The van der Waals surface area contributed by atoms with Gasteiger partial charge in [-0.15, -0.1) is 0 Å². The molecule has 1 aromatic carbocycles. The van der Waals surface area contributed by atoms with Crippen LogP contribution >= 0.6 is 15.9 Å². The average molecular weight is 432 g/mol. The van der Waals surface area contributed by atoms with Crippen molar-refractivity contribution in [2.24, 2.45) is 5.73 Å². The third-order valence-corrected chi connectivity index (χ3v) is 5.67. The highest BCUT2D eigenvalue weighted by Gasteiger charge is 2.26. The van der Waals surface area contributed by atoms with Gasteiger partial charge in [-0.25, -0.2) is 0 Å². The monoisotopic (exact) mass is 431 g/mol. The summed E-state index contributed by atoms with van der Waals surface area (Å²) in [6.45, 7) is 0.0112. The van der Waals surface area contributed by atoms with Crippen LogP contribution in [0.1, 0.15) is 32.1 Å². The predicted molar refractivity (Wildman–Crippen MR) is 111 cm³/mol. The van der Waals surface area contributed by atoms with Crippen molar-refractivity contribution in [2.45, 2.75) is 44.3 Å². The van der Waals surface area contributed by atoms with Gasteiger partial charge in [0, 0.05) is 30.5 Å². The summed E-state index contributed by atoms with van der Waals surface area (Å²) in [4.78, 5) is 2.13. The SMILES string of the molecule is CN1C(Nc2ccc(Br)c(OCC#N)c2)=CC=C(N)C1NC1CCCCC1. The Morgan fingerprint density at radius 2 is 2.07 bits per heavy atom. The Hall–Kier alpha value is -2.17. The number of nitrogens with one attached hydrogen (secondary N) is 2. The third kappa shape index (κ3) is 4.96. The summed E-state index contributed by atoms with van der Waals surface area (Å²) < 4.78 is 6.27. The van der Waals surface area contributed by atoms with E-state index < -0.39 is 0 Å². The van der Waals surface area contributed by atoms with E-state index >= 15 is 0 Å². The summed E-state index contributed by atoms with van der Waals surface area (Å²) in [5.41, 5.74) is 7.97. The van der Waals surface area contributed by atoms with Crippen LogP contribution < -0.4 is 21.1 Å². The first-order chi connectivity index (χ1) is 13.1. The summed E-state index contributed by atoms with van der Waals surface area (Å²) in [7, 11) is 2.03. The Balaban J connectivity index is 1.70. The van der Waals surface area contributed by atoms with E-state index in [0.29, 0.717) is 11.8 Å². The molecule has 27 heavy (non-hydrogen) atoms. The maximum absolute atomic E-state index is 8.73. The van der Waals surface area contributed by atoms with Gasteiger partial charge in [-0.05, 0) is 53.1 Å². The van der Waals surface area contributed by atoms with Gasteiger partial charge in [0.15, 0.2) is 6.61 Å². The zero-order chi connectivity index (χ0) is 19.2. The van der Waals surface area contributed by atoms with E-state index in [9.17, 15) is 0 Å². The molecule has 1 aromatic rings. The van der Waals surface area contributed by atoms with E-state index in [4.69, 9.17) is 15.7 Å². The smallest absolute Gasteiger partial charge is 0.174 e. The molecule has 3 rings (SSSR count). The van der Waals surface area contributed by atoms with Crippen LogP contribution in [0.2, 0.25) is 0 Å². The Bertz CT molecular complexity index is 764. The number of rotatable bonds is 6. The number of hydrogen-bond donors (Lipinski definition) is 3. The molecule has 0 saturated heterocycles. The topological polar surface area (TPSA) is 86.3 Å². The quantitative estimate of drug-likeness (QED) is 0.637. The number of halogens is 1. The summed E-state index contributed by atoms with van der Waals surface area (Å²) in [6, 6.07) is 8.24.